The zero-order valence-corrected chi connectivity index (χ0v) is 16.8. The van der Waals surface area contributed by atoms with Gasteiger partial charge in [-0.15, -0.1) is 0 Å². The number of hydrogen-bond donors (Lipinski definition) is 0. The lowest BCUT2D eigenvalue weighted by Crippen LogP contribution is -2.51. The predicted octanol–water partition coefficient (Wildman–Crippen LogP) is 4.55. The first-order chi connectivity index (χ1) is 13.7. The zero-order valence-electron chi connectivity index (χ0n) is 16.8. The first-order valence-electron chi connectivity index (χ1n) is 10.5. The van der Waals surface area contributed by atoms with Crippen LogP contribution in [0, 0.1) is 5.92 Å². The van der Waals surface area contributed by atoms with E-state index in [0.29, 0.717) is 5.92 Å². The highest BCUT2D eigenvalue weighted by Gasteiger charge is 2.31. The Bertz CT molecular complexity index is 950. The molecule has 0 spiro atoms. The summed E-state index contributed by atoms with van der Waals surface area (Å²) in [5, 5.41) is 8.32. The molecule has 0 atom stereocenters. The first kappa shape index (κ1) is 17.7. The highest BCUT2D eigenvalue weighted by molar-refractivity contribution is 5.93. The van der Waals surface area contributed by atoms with Crippen LogP contribution < -0.4 is 4.90 Å². The summed E-state index contributed by atoms with van der Waals surface area (Å²) in [5.41, 5.74) is 6.62. The van der Waals surface area contributed by atoms with Gasteiger partial charge < -0.3 is 9.80 Å². The monoisotopic (exact) mass is 376 g/mol. The SMILES string of the molecule is CC(C)c1ccc(-c2cc(N3CC(CN4CCCC4)C3)c3nonc3c2)cc1. The quantitative estimate of drug-likeness (QED) is 0.654. The van der Waals surface area contributed by atoms with Gasteiger partial charge in [0.15, 0.2) is 5.52 Å². The number of benzene rings is 2. The molecule has 1 aromatic heterocycles. The molecule has 3 heterocycles. The lowest BCUT2D eigenvalue weighted by Gasteiger charge is -2.42. The van der Waals surface area contributed by atoms with Gasteiger partial charge in [-0.05, 0) is 71.0 Å². The van der Waals surface area contributed by atoms with E-state index in [4.69, 9.17) is 4.63 Å². The molecule has 2 saturated heterocycles. The predicted molar refractivity (Wildman–Crippen MR) is 113 cm³/mol. The molecule has 2 aliphatic rings. The fraction of sp³-hybridized carbons (Fsp3) is 0.478. The van der Waals surface area contributed by atoms with Crippen molar-refractivity contribution >= 4 is 16.7 Å². The van der Waals surface area contributed by atoms with Crippen molar-refractivity contribution in [1.82, 2.24) is 15.2 Å². The van der Waals surface area contributed by atoms with Gasteiger partial charge in [0, 0.05) is 25.6 Å². The Labute approximate surface area is 166 Å². The van der Waals surface area contributed by atoms with Crippen molar-refractivity contribution < 1.29 is 4.63 Å². The van der Waals surface area contributed by atoms with Gasteiger partial charge in [0.05, 0.1) is 5.69 Å². The average Bonchev–Trinajstić information content (AvgIpc) is 3.35. The average molecular weight is 377 g/mol. The van der Waals surface area contributed by atoms with E-state index < -0.39 is 0 Å². The Balaban J connectivity index is 1.39. The van der Waals surface area contributed by atoms with Crippen LogP contribution in [-0.4, -0.2) is 47.9 Å². The molecule has 5 nitrogen and oxygen atoms in total. The summed E-state index contributed by atoms with van der Waals surface area (Å²) in [4.78, 5) is 5.04. The van der Waals surface area contributed by atoms with Crippen molar-refractivity contribution in [2.75, 3.05) is 37.6 Å². The number of fused-ring (bicyclic) bond motifs is 1. The van der Waals surface area contributed by atoms with Gasteiger partial charge >= 0.3 is 0 Å². The summed E-state index contributed by atoms with van der Waals surface area (Å²) in [6.07, 6.45) is 2.72. The molecular weight excluding hydrogens is 348 g/mol. The van der Waals surface area contributed by atoms with Crippen molar-refractivity contribution in [3.8, 4) is 11.1 Å². The maximum Gasteiger partial charge on any atom is 0.158 e. The third-order valence-electron chi connectivity index (χ3n) is 6.26. The molecule has 0 aliphatic carbocycles. The van der Waals surface area contributed by atoms with Gasteiger partial charge in [0.25, 0.3) is 0 Å². The maximum absolute atomic E-state index is 5.07. The second-order valence-electron chi connectivity index (χ2n) is 8.68. The Kier molecular flexibility index (Phi) is 4.55. The Morgan fingerprint density at radius 3 is 2.46 bits per heavy atom. The second kappa shape index (κ2) is 7.21. The number of likely N-dealkylation sites (tertiary alicyclic amines) is 1. The Hall–Kier alpha value is -2.40. The number of hydrogen-bond acceptors (Lipinski definition) is 5. The Morgan fingerprint density at radius 2 is 1.75 bits per heavy atom. The van der Waals surface area contributed by atoms with Crippen LogP contribution >= 0.6 is 0 Å². The molecule has 0 radical (unpaired) electrons. The van der Waals surface area contributed by atoms with Crippen molar-refractivity contribution in [2.45, 2.75) is 32.6 Å². The summed E-state index contributed by atoms with van der Waals surface area (Å²) in [6, 6.07) is 13.2. The van der Waals surface area contributed by atoms with Gasteiger partial charge in [-0.1, -0.05) is 38.1 Å². The van der Waals surface area contributed by atoms with Crippen LogP contribution in [0.1, 0.15) is 38.2 Å². The molecule has 5 rings (SSSR count). The summed E-state index contributed by atoms with van der Waals surface area (Å²) in [5.74, 6) is 1.29. The lowest BCUT2D eigenvalue weighted by atomic mass is 9.95. The minimum atomic E-state index is 0.542. The molecule has 0 amide bonds. The molecular formula is C23H28N4O. The van der Waals surface area contributed by atoms with Crippen LogP contribution in [0.2, 0.25) is 0 Å². The van der Waals surface area contributed by atoms with Crippen LogP contribution in [0.25, 0.3) is 22.2 Å². The van der Waals surface area contributed by atoms with E-state index in [2.05, 4.69) is 70.4 Å². The van der Waals surface area contributed by atoms with E-state index in [1.807, 2.05) is 0 Å². The van der Waals surface area contributed by atoms with Crippen molar-refractivity contribution in [1.29, 1.82) is 0 Å². The summed E-state index contributed by atoms with van der Waals surface area (Å²) < 4.78 is 5.07. The van der Waals surface area contributed by atoms with Crippen molar-refractivity contribution in [3.05, 3.63) is 42.0 Å². The highest BCUT2D eigenvalue weighted by Crippen LogP contribution is 2.35. The van der Waals surface area contributed by atoms with Gasteiger partial charge in [-0.3, -0.25) is 0 Å². The summed E-state index contributed by atoms with van der Waals surface area (Å²) in [6.45, 7) is 10.4. The third-order valence-corrected chi connectivity index (χ3v) is 6.26. The number of nitrogens with zero attached hydrogens (tertiary/aromatic N) is 4. The van der Waals surface area contributed by atoms with Gasteiger partial charge in [0.2, 0.25) is 0 Å². The van der Waals surface area contributed by atoms with E-state index in [1.54, 1.807) is 0 Å². The van der Waals surface area contributed by atoms with E-state index in [-0.39, 0.29) is 0 Å². The topological polar surface area (TPSA) is 45.4 Å². The van der Waals surface area contributed by atoms with E-state index in [9.17, 15) is 0 Å². The standard InChI is InChI=1S/C23H28N4O/c1-16(2)18-5-7-19(8-6-18)20-11-21-23(25-28-24-21)22(12-20)27-14-17(15-27)13-26-9-3-4-10-26/h5-8,11-12,16-17H,3-4,9-10,13-15H2,1-2H3. The minimum absolute atomic E-state index is 0.542. The summed E-state index contributed by atoms with van der Waals surface area (Å²) >= 11 is 0. The van der Waals surface area contributed by atoms with E-state index >= 15 is 0 Å². The number of aromatic nitrogens is 2. The second-order valence-corrected chi connectivity index (χ2v) is 8.68. The molecule has 0 saturated carbocycles. The van der Waals surface area contributed by atoms with Crippen LogP contribution in [0.15, 0.2) is 41.0 Å². The lowest BCUT2D eigenvalue weighted by molar-refractivity contribution is 0.247. The van der Waals surface area contributed by atoms with Crippen molar-refractivity contribution in [3.63, 3.8) is 0 Å². The van der Waals surface area contributed by atoms with Crippen LogP contribution in [0.5, 0.6) is 0 Å². The number of rotatable bonds is 5. The van der Waals surface area contributed by atoms with Gasteiger partial charge in [-0.2, -0.15) is 0 Å². The minimum Gasteiger partial charge on any atom is -0.369 e. The van der Waals surface area contributed by atoms with Crippen LogP contribution in [-0.2, 0) is 0 Å². The molecule has 3 aromatic rings. The molecule has 2 fully saturated rings. The molecule has 0 unspecified atom stereocenters. The first-order valence-corrected chi connectivity index (χ1v) is 10.5. The van der Waals surface area contributed by atoms with E-state index in [1.165, 1.54) is 49.2 Å². The Morgan fingerprint density at radius 1 is 1.00 bits per heavy atom. The zero-order chi connectivity index (χ0) is 19.1. The molecule has 2 aliphatic heterocycles. The smallest absolute Gasteiger partial charge is 0.158 e. The molecule has 28 heavy (non-hydrogen) atoms. The van der Waals surface area contributed by atoms with Gasteiger partial charge in [-0.25, -0.2) is 4.63 Å². The molecule has 2 aromatic carbocycles. The largest absolute Gasteiger partial charge is 0.369 e. The summed E-state index contributed by atoms with van der Waals surface area (Å²) in [7, 11) is 0. The molecule has 5 heteroatoms. The van der Waals surface area contributed by atoms with E-state index in [0.717, 1.165) is 35.7 Å². The van der Waals surface area contributed by atoms with Crippen LogP contribution in [0.3, 0.4) is 0 Å². The fourth-order valence-corrected chi connectivity index (χ4v) is 4.55. The van der Waals surface area contributed by atoms with Gasteiger partial charge in [0.1, 0.15) is 5.52 Å². The maximum atomic E-state index is 5.07. The molecule has 0 N–H and O–H groups in total. The number of anilines is 1. The van der Waals surface area contributed by atoms with Crippen molar-refractivity contribution in [2.24, 2.45) is 5.92 Å². The molecule has 146 valence electrons. The third kappa shape index (κ3) is 3.28. The fourth-order valence-electron chi connectivity index (χ4n) is 4.55. The highest BCUT2D eigenvalue weighted by atomic mass is 16.6. The normalized spacial score (nSPS) is 18.3. The molecule has 0 bridgehead atoms. The van der Waals surface area contributed by atoms with Crippen LogP contribution in [0.4, 0.5) is 5.69 Å².